The predicted molar refractivity (Wildman–Crippen MR) is 76.2 cm³/mol. The highest BCUT2D eigenvalue weighted by Crippen LogP contribution is 2.27. The molecular weight excluding hydrogens is 274 g/mol. The third-order valence-corrected chi connectivity index (χ3v) is 3.45. The van der Waals surface area contributed by atoms with Crippen molar-refractivity contribution in [3.05, 3.63) is 41.6 Å². The van der Waals surface area contributed by atoms with Crippen LogP contribution >= 0.6 is 11.8 Å². The molecule has 0 unspecified atom stereocenters. The van der Waals surface area contributed by atoms with E-state index in [9.17, 15) is 4.79 Å². The number of aromatic nitrogens is 3. The maximum atomic E-state index is 10.9. The van der Waals surface area contributed by atoms with Crippen LogP contribution in [0.1, 0.15) is 41.8 Å². The van der Waals surface area contributed by atoms with Crippen molar-refractivity contribution in [2.45, 2.75) is 36.6 Å². The summed E-state index contributed by atoms with van der Waals surface area (Å²) >= 11 is 1.41. The Bertz CT molecular complexity index is 644. The molecule has 5 nitrogen and oxygen atoms in total. The van der Waals surface area contributed by atoms with Crippen LogP contribution in [-0.4, -0.2) is 26.0 Å². The Labute approximate surface area is 121 Å². The van der Waals surface area contributed by atoms with Crippen LogP contribution in [0.15, 0.2) is 34.3 Å². The normalized spacial score (nSPS) is 10.8. The number of nitrogens with zero attached hydrogens (tertiary/aromatic N) is 3. The van der Waals surface area contributed by atoms with Crippen molar-refractivity contribution in [3.63, 3.8) is 0 Å². The Morgan fingerprint density at radius 3 is 2.70 bits per heavy atom. The first-order valence-corrected chi connectivity index (χ1v) is 7.00. The van der Waals surface area contributed by atoms with Gasteiger partial charge >= 0.3 is 5.97 Å². The Kier molecular flexibility index (Phi) is 4.34. The number of carbonyl (C=O) groups is 1. The van der Waals surface area contributed by atoms with Crippen molar-refractivity contribution < 1.29 is 9.90 Å². The van der Waals surface area contributed by atoms with Gasteiger partial charge in [-0.25, -0.2) is 19.7 Å². The molecule has 1 N–H and O–H groups in total. The number of carboxylic acids is 1. The molecule has 0 saturated heterocycles. The molecule has 2 aromatic heterocycles. The lowest BCUT2D eigenvalue weighted by Gasteiger charge is -2.08. The fourth-order valence-electron chi connectivity index (χ4n) is 1.58. The number of hydrogen-bond donors (Lipinski definition) is 1. The second-order valence-corrected chi connectivity index (χ2v) is 5.74. The molecule has 0 aliphatic heterocycles. The van der Waals surface area contributed by atoms with E-state index in [4.69, 9.17) is 5.11 Å². The first-order chi connectivity index (χ1) is 9.45. The van der Waals surface area contributed by atoms with Crippen LogP contribution in [0.25, 0.3) is 0 Å². The highest BCUT2D eigenvalue weighted by Gasteiger charge is 2.09. The van der Waals surface area contributed by atoms with Crippen LogP contribution in [-0.2, 0) is 0 Å². The van der Waals surface area contributed by atoms with Crippen molar-refractivity contribution >= 4 is 17.7 Å². The maximum Gasteiger partial charge on any atom is 0.354 e. The summed E-state index contributed by atoms with van der Waals surface area (Å²) in [5.41, 5.74) is 0.934. The van der Waals surface area contributed by atoms with Gasteiger partial charge in [-0.3, -0.25) is 0 Å². The smallest absolute Gasteiger partial charge is 0.354 e. The molecule has 0 radical (unpaired) electrons. The highest BCUT2D eigenvalue weighted by molar-refractivity contribution is 7.99. The molecule has 0 saturated carbocycles. The standard InChI is InChI=1S/C14H15N3O2S/c1-8(2)13-16-9(3)6-12(17-13)20-10-4-5-15-11(7-10)14(18)19/h4-8H,1-3H3,(H,18,19). The van der Waals surface area contributed by atoms with Gasteiger partial charge in [0.1, 0.15) is 16.5 Å². The third kappa shape index (κ3) is 3.54. The summed E-state index contributed by atoms with van der Waals surface area (Å²) in [5.74, 6) is 0.00970. The lowest BCUT2D eigenvalue weighted by Crippen LogP contribution is -2.01. The van der Waals surface area contributed by atoms with E-state index in [1.54, 1.807) is 12.1 Å². The van der Waals surface area contributed by atoms with Gasteiger partial charge in [0.2, 0.25) is 0 Å². The number of aromatic carboxylic acids is 1. The van der Waals surface area contributed by atoms with Crippen molar-refractivity contribution in [2.24, 2.45) is 0 Å². The fourth-order valence-corrected chi connectivity index (χ4v) is 2.49. The van der Waals surface area contributed by atoms with Gasteiger partial charge in [-0.05, 0) is 25.1 Å². The molecule has 2 heterocycles. The van der Waals surface area contributed by atoms with Crippen molar-refractivity contribution in [3.8, 4) is 0 Å². The van der Waals surface area contributed by atoms with Gasteiger partial charge < -0.3 is 5.11 Å². The van der Waals surface area contributed by atoms with Crippen molar-refractivity contribution in [1.29, 1.82) is 0 Å². The van der Waals surface area contributed by atoms with Crippen LogP contribution < -0.4 is 0 Å². The number of rotatable bonds is 4. The second kappa shape index (κ2) is 6.00. The first-order valence-electron chi connectivity index (χ1n) is 6.18. The molecule has 0 aliphatic rings. The summed E-state index contributed by atoms with van der Waals surface area (Å²) in [5, 5.41) is 9.75. The fraction of sp³-hybridized carbons (Fsp3) is 0.286. The zero-order valence-electron chi connectivity index (χ0n) is 11.5. The molecular formula is C14H15N3O2S. The Balaban J connectivity index is 2.30. The van der Waals surface area contributed by atoms with Gasteiger partial charge in [-0.1, -0.05) is 25.6 Å². The molecule has 2 aromatic rings. The quantitative estimate of drug-likeness (QED) is 0.871. The monoisotopic (exact) mass is 289 g/mol. The average molecular weight is 289 g/mol. The predicted octanol–water partition coefficient (Wildman–Crippen LogP) is 3.15. The lowest BCUT2D eigenvalue weighted by molar-refractivity contribution is 0.0690. The summed E-state index contributed by atoms with van der Waals surface area (Å²) in [6.45, 7) is 6.00. The molecule has 2 rings (SSSR count). The van der Waals surface area contributed by atoms with E-state index >= 15 is 0 Å². The Morgan fingerprint density at radius 1 is 1.30 bits per heavy atom. The largest absolute Gasteiger partial charge is 0.477 e. The van der Waals surface area contributed by atoms with E-state index in [1.165, 1.54) is 18.0 Å². The molecule has 0 atom stereocenters. The van der Waals surface area contributed by atoms with Crippen LogP contribution in [0.5, 0.6) is 0 Å². The number of aryl methyl sites for hydroxylation is 1. The van der Waals surface area contributed by atoms with Gasteiger partial charge in [-0.15, -0.1) is 0 Å². The molecule has 0 fully saturated rings. The van der Waals surface area contributed by atoms with Crippen LogP contribution in [0.4, 0.5) is 0 Å². The van der Waals surface area contributed by atoms with E-state index in [0.29, 0.717) is 0 Å². The van der Waals surface area contributed by atoms with Gasteiger partial charge in [0.15, 0.2) is 0 Å². The van der Waals surface area contributed by atoms with Gasteiger partial charge in [0, 0.05) is 22.7 Å². The topological polar surface area (TPSA) is 76.0 Å². The second-order valence-electron chi connectivity index (χ2n) is 4.64. The van der Waals surface area contributed by atoms with E-state index in [-0.39, 0.29) is 11.6 Å². The summed E-state index contributed by atoms with van der Waals surface area (Å²) in [6.07, 6.45) is 1.49. The van der Waals surface area contributed by atoms with Crippen molar-refractivity contribution in [1.82, 2.24) is 15.0 Å². The van der Waals surface area contributed by atoms with Crippen LogP contribution in [0.2, 0.25) is 0 Å². The van der Waals surface area contributed by atoms with E-state index < -0.39 is 5.97 Å². The number of pyridine rings is 1. The SMILES string of the molecule is Cc1cc(Sc2ccnc(C(=O)O)c2)nc(C(C)C)n1. The minimum absolute atomic E-state index is 0.0323. The molecule has 0 amide bonds. The summed E-state index contributed by atoms with van der Waals surface area (Å²) < 4.78 is 0. The Hall–Kier alpha value is -1.95. The minimum atomic E-state index is -1.03. The van der Waals surface area contributed by atoms with Crippen LogP contribution in [0, 0.1) is 6.92 Å². The maximum absolute atomic E-state index is 10.9. The summed E-state index contributed by atoms with van der Waals surface area (Å²) in [7, 11) is 0. The van der Waals surface area contributed by atoms with Crippen LogP contribution in [0.3, 0.4) is 0 Å². The molecule has 6 heteroatoms. The Morgan fingerprint density at radius 2 is 2.05 bits per heavy atom. The van der Waals surface area contributed by atoms with Gasteiger partial charge in [0.25, 0.3) is 0 Å². The van der Waals surface area contributed by atoms with Crippen molar-refractivity contribution in [2.75, 3.05) is 0 Å². The zero-order valence-corrected chi connectivity index (χ0v) is 12.3. The lowest BCUT2D eigenvalue weighted by atomic mass is 10.2. The summed E-state index contributed by atoms with van der Waals surface area (Å²) in [4.78, 5) is 24.4. The average Bonchev–Trinajstić information content (AvgIpc) is 2.38. The number of carboxylic acid groups (broad SMARTS) is 1. The first kappa shape index (κ1) is 14.5. The minimum Gasteiger partial charge on any atom is -0.477 e. The zero-order chi connectivity index (χ0) is 14.7. The van der Waals surface area contributed by atoms with E-state index in [0.717, 1.165) is 21.4 Å². The summed E-state index contributed by atoms with van der Waals surface area (Å²) in [6, 6.07) is 5.19. The molecule has 0 spiro atoms. The third-order valence-electron chi connectivity index (χ3n) is 2.54. The molecule has 20 heavy (non-hydrogen) atoms. The molecule has 104 valence electrons. The van der Waals surface area contributed by atoms with Gasteiger partial charge in [-0.2, -0.15) is 0 Å². The van der Waals surface area contributed by atoms with E-state index in [1.807, 2.05) is 26.8 Å². The molecule has 0 bridgehead atoms. The highest BCUT2D eigenvalue weighted by atomic mass is 32.2. The number of hydrogen-bond acceptors (Lipinski definition) is 5. The molecule has 0 aromatic carbocycles. The molecule has 0 aliphatic carbocycles. The van der Waals surface area contributed by atoms with E-state index in [2.05, 4.69) is 15.0 Å². The van der Waals surface area contributed by atoms with Gasteiger partial charge in [0.05, 0.1) is 0 Å².